The van der Waals surface area contributed by atoms with Gasteiger partial charge in [-0.3, -0.25) is 19.3 Å². The van der Waals surface area contributed by atoms with Gasteiger partial charge in [0.25, 0.3) is 11.8 Å². The number of carbonyl (C=O) groups excluding carboxylic acids is 4. The summed E-state index contributed by atoms with van der Waals surface area (Å²) in [6.07, 6.45) is 0. The maximum Gasteiger partial charge on any atom is 0.387 e. The second kappa shape index (κ2) is 7.91. The number of hydrogen-bond donors (Lipinski definition) is 2. The van der Waals surface area contributed by atoms with Gasteiger partial charge in [0.1, 0.15) is 17.0 Å². The summed E-state index contributed by atoms with van der Waals surface area (Å²) in [5, 5.41) is 5.12. The van der Waals surface area contributed by atoms with E-state index in [4.69, 9.17) is 4.74 Å². The fourth-order valence-electron chi connectivity index (χ4n) is 3.50. The van der Waals surface area contributed by atoms with E-state index in [2.05, 4.69) is 15.4 Å². The lowest BCUT2D eigenvalue weighted by molar-refractivity contribution is -0.130. The van der Waals surface area contributed by atoms with Crippen LogP contribution in [-0.4, -0.2) is 48.3 Å². The molecule has 11 heteroatoms. The van der Waals surface area contributed by atoms with Crippen molar-refractivity contribution in [2.24, 2.45) is 0 Å². The Morgan fingerprint density at radius 3 is 2.59 bits per heavy atom. The molecule has 32 heavy (non-hydrogen) atoms. The van der Waals surface area contributed by atoms with Gasteiger partial charge in [0.15, 0.2) is 12.4 Å². The summed E-state index contributed by atoms with van der Waals surface area (Å²) >= 11 is 0. The SMILES string of the molecule is CC1(c2ccc(OC(F)F)cc2)NC(=O)N(CC(=O)c2ccc3c(c2)NC(=O)CO3)C1=O. The third-order valence-corrected chi connectivity index (χ3v) is 5.17. The van der Waals surface area contributed by atoms with Crippen LogP contribution in [0.2, 0.25) is 0 Å². The van der Waals surface area contributed by atoms with Crippen LogP contribution in [0, 0.1) is 0 Å². The minimum absolute atomic E-state index is 0.0976. The highest BCUT2D eigenvalue weighted by Crippen LogP contribution is 2.32. The fourth-order valence-corrected chi connectivity index (χ4v) is 3.50. The van der Waals surface area contributed by atoms with Crippen LogP contribution in [0.25, 0.3) is 0 Å². The van der Waals surface area contributed by atoms with Gasteiger partial charge in [0.2, 0.25) is 0 Å². The molecule has 2 heterocycles. The number of alkyl halides is 2. The second-order valence-electron chi connectivity index (χ2n) is 7.32. The van der Waals surface area contributed by atoms with E-state index in [9.17, 15) is 28.0 Å². The Morgan fingerprint density at radius 1 is 1.19 bits per heavy atom. The van der Waals surface area contributed by atoms with Crippen molar-refractivity contribution in [1.82, 2.24) is 10.2 Å². The third-order valence-electron chi connectivity index (χ3n) is 5.17. The predicted molar refractivity (Wildman–Crippen MR) is 106 cm³/mol. The number of carbonyl (C=O) groups is 4. The van der Waals surface area contributed by atoms with Crippen molar-refractivity contribution >= 4 is 29.3 Å². The largest absolute Gasteiger partial charge is 0.482 e. The van der Waals surface area contributed by atoms with Gasteiger partial charge in [-0.25, -0.2) is 4.79 Å². The van der Waals surface area contributed by atoms with E-state index in [1.54, 1.807) is 0 Å². The maximum absolute atomic E-state index is 13.0. The Morgan fingerprint density at radius 2 is 1.91 bits per heavy atom. The fraction of sp³-hybridized carbons (Fsp3) is 0.238. The van der Waals surface area contributed by atoms with Gasteiger partial charge in [-0.2, -0.15) is 8.78 Å². The molecule has 1 atom stereocenters. The lowest BCUT2D eigenvalue weighted by atomic mass is 9.92. The molecule has 0 aliphatic carbocycles. The summed E-state index contributed by atoms with van der Waals surface area (Å²) in [7, 11) is 0. The number of benzene rings is 2. The van der Waals surface area contributed by atoms with Crippen LogP contribution in [-0.2, 0) is 15.1 Å². The number of imide groups is 1. The number of urea groups is 1. The van der Waals surface area contributed by atoms with Crippen molar-refractivity contribution in [3.05, 3.63) is 53.6 Å². The lowest BCUT2D eigenvalue weighted by Crippen LogP contribution is -2.41. The van der Waals surface area contributed by atoms with E-state index in [1.165, 1.54) is 49.4 Å². The van der Waals surface area contributed by atoms with Crippen LogP contribution in [0.1, 0.15) is 22.8 Å². The molecular formula is C21H17F2N3O6. The third kappa shape index (κ3) is 3.84. The van der Waals surface area contributed by atoms with Crippen LogP contribution >= 0.6 is 0 Å². The first-order valence-electron chi connectivity index (χ1n) is 9.47. The van der Waals surface area contributed by atoms with Crippen LogP contribution in [0.4, 0.5) is 19.3 Å². The van der Waals surface area contributed by atoms with Gasteiger partial charge >= 0.3 is 12.6 Å². The lowest BCUT2D eigenvalue weighted by Gasteiger charge is -2.22. The number of anilines is 1. The number of fused-ring (bicyclic) bond motifs is 1. The maximum atomic E-state index is 13.0. The van der Waals surface area contributed by atoms with Gasteiger partial charge in [-0.05, 0) is 42.8 Å². The van der Waals surface area contributed by atoms with E-state index < -0.39 is 36.4 Å². The molecule has 9 nitrogen and oxygen atoms in total. The minimum atomic E-state index is -2.99. The zero-order chi connectivity index (χ0) is 23.0. The molecule has 1 fully saturated rings. The van der Waals surface area contributed by atoms with Crippen molar-refractivity contribution < 1.29 is 37.4 Å². The second-order valence-corrected chi connectivity index (χ2v) is 7.32. The summed E-state index contributed by atoms with van der Waals surface area (Å²) in [5.41, 5.74) is -0.656. The standard InChI is InChI=1S/C21H17F2N3O6/c1-21(12-3-5-13(6-4-12)32-19(22)23)18(29)26(20(30)25-21)9-15(27)11-2-7-16-14(8-11)24-17(28)10-31-16/h2-8,19H,9-10H2,1H3,(H,24,28)(H,25,30). The first-order valence-corrected chi connectivity index (χ1v) is 9.47. The van der Waals surface area contributed by atoms with Crippen LogP contribution in [0.15, 0.2) is 42.5 Å². The van der Waals surface area contributed by atoms with Gasteiger partial charge in [0, 0.05) is 5.56 Å². The zero-order valence-corrected chi connectivity index (χ0v) is 16.7. The van der Waals surface area contributed by atoms with Crippen molar-refractivity contribution in [1.29, 1.82) is 0 Å². The minimum Gasteiger partial charge on any atom is -0.482 e. The number of ketones is 1. The number of nitrogens with one attached hydrogen (secondary N) is 2. The Balaban J connectivity index is 1.51. The monoisotopic (exact) mass is 445 g/mol. The normalized spacial score (nSPS) is 19.9. The molecule has 2 aromatic carbocycles. The zero-order valence-electron chi connectivity index (χ0n) is 16.7. The van der Waals surface area contributed by atoms with E-state index in [0.29, 0.717) is 17.0 Å². The Hall–Kier alpha value is -4.02. The highest BCUT2D eigenvalue weighted by atomic mass is 19.3. The van der Waals surface area contributed by atoms with Gasteiger partial charge in [-0.1, -0.05) is 12.1 Å². The van der Waals surface area contributed by atoms with E-state index in [-0.39, 0.29) is 23.8 Å². The highest BCUT2D eigenvalue weighted by Gasteiger charge is 2.49. The highest BCUT2D eigenvalue weighted by molar-refractivity contribution is 6.11. The first-order chi connectivity index (χ1) is 15.2. The van der Waals surface area contributed by atoms with Gasteiger partial charge in [0.05, 0.1) is 12.2 Å². The van der Waals surface area contributed by atoms with Crippen LogP contribution in [0.3, 0.4) is 0 Å². The van der Waals surface area contributed by atoms with E-state index in [1.807, 2.05) is 0 Å². The molecule has 0 spiro atoms. The molecule has 0 radical (unpaired) electrons. The number of rotatable bonds is 6. The number of nitrogens with zero attached hydrogens (tertiary/aromatic N) is 1. The molecule has 4 rings (SSSR count). The number of amides is 4. The summed E-state index contributed by atoms with van der Waals surface area (Å²) < 4.78 is 34.2. The molecule has 1 unspecified atom stereocenters. The number of Topliss-reactive ketones (excluding diaryl/α,β-unsaturated/α-hetero) is 1. The van der Waals surface area contributed by atoms with Crippen molar-refractivity contribution in [2.45, 2.75) is 19.1 Å². The Kier molecular flexibility index (Phi) is 5.25. The molecule has 2 N–H and O–H groups in total. The average Bonchev–Trinajstić information content (AvgIpc) is 2.97. The average molecular weight is 445 g/mol. The molecule has 2 aliphatic rings. The molecule has 2 aliphatic heterocycles. The predicted octanol–water partition coefficient (Wildman–Crippen LogP) is 2.27. The number of hydrogen-bond acceptors (Lipinski definition) is 6. The Labute approximate surface area is 180 Å². The number of halogens is 2. The van der Waals surface area contributed by atoms with E-state index >= 15 is 0 Å². The first kappa shape index (κ1) is 21.2. The van der Waals surface area contributed by atoms with Gasteiger partial charge < -0.3 is 20.1 Å². The summed E-state index contributed by atoms with van der Waals surface area (Å²) in [4.78, 5) is 50.5. The Bertz CT molecular complexity index is 1120. The molecule has 0 saturated carbocycles. The topological polar surface area (TPSA) is 114 Å². The molecule has 0 aromatic heterocycles. The molecule has 166 valence electrons. The summed E-state index contributed by atoms with van der Waals surface area (Å²) in [6.45, 7) is -2.20. The van der Waals surface area contributed by atoms with Crippen molar-refractivity contribution in [3.63, 3.8) is 0 Å². The summed E-state index contributed by atoms with van der Waals surface area (Å²) in [6, 6.07) is 8.90. The quantitative estimate of drug-likeness (QED) is 0.521. The number of ether oxygens (including phenoxy) is 2. The summed E-state index contributed by atoms with van der Waals surface area (Å²) in [5.74, 6) is -1.26. The van der Waals surface area contributed by atoms with Crippen LogP contribution < -0.4 is 20.1 Å². The van der Waals surface area contributed by atoms with E-state index in [0.717, 1.165) is 4.90 Å². The van der Waals surface area contributed by atoms with Gasteiger partial charge in [-0.15, -0.1) is 0 Å². The molecular weight excluding hydrogens is 428 g/mol. The van der Waals surface area contributed by atoms with Crippen molar-refractivity contribution in [3.8, 4) is 11.5 Å². The van der Waals surface area contributed by atoms with Crippen LogP contribution in [0.5, 0.6) is 11.5 Å². The smallest absolute Gasteiger partial charge is 0.387 e. The molecule has 1 saturated heterocycles. The van der Waals surface area contributed by atoms with Crippen molar-refractivity contribution in [2.75, 3.05) is 18.5 Å². The molecule has 0 bridgehead atoms. The molecule has 4 amide bonds. The molecule has 2 aromatic rings.